The number of rotatable bonds is 6. The second-order valence-corrected chi connectivity index (χ2v) is 6.24. The zero-order valence-corrected chi connectivity index (χ0v) is 13.6. The fraction of sp³-hybridized carbons (Fsp3) is 0.350. The number of hydrogen-bond acceptors (Lipinski definition) is 3. The van der Waals surface area contributed by atoms with Gasteiger partial charge in [0.1, 0.15) is 0 Å². The molecule has 2 aromatic carbocycles. The fourth-order valence-corrected chi connectivity index (χ4v) is 3.07. The Balaban J connectivity index is 1.71. The van der Waals surface area contributed by atoms with E-state index < -0.39 is 6.29 Å². The number of hydrogen-bond donors (Lipinski definition) is 2. The molecule has 0 bridgehead atoms. The van der Waals surface area contributed by atoms with E-state index in [-0.39, 0.29) is 17.9 Å². The summed E-state index contributed by atoms with van der Waals surface area (Å²) in [7, 11) is 0. The molecule has 3 rings (SSSR count). The van der Waals surface area contributed by atoms with Gasteiger partial charge in [0.15, 0.2) is 6.29 Å². The zero-order chi connectivity index (χ0) is 16.8. The molecular weight excluding hydrogens is 302 g/mol. The van der Waals surface area contributed by atoms with Crippen LogP contribution in [0.3, 0.4) is 0 Å². The molecule has 1 aliphatic heterocycles. The Hall–Kier alpha value is -2.17. The standard InChI is InChI=1S/C20H23NO3/c22-19(21-18-11-12-24-20(18)23)17(13-15-7-3-1-4-8-15)14-16-9-5-2-6-10-16/h1-10,17-18,20,23H,11-14H2,(H,21,22). The third kappa shape index (κ3) is 4.43. The summed E-state index contributed by atoms with van der Waals surface area (Å²) < 4.78 is 5.12. The maximum atomic E-state index is 12.8. The normalized spacial score (nSPS) is 20.2. The van der Waals surface area contributed by atoms with Crippen LogP contribution in [0.1, 0.15) is 17.5 Å². The largest absolute Gasteiger partial charge is 0.366 e. The molecule has 2 aromatic rings. The van der Waals surface area contributed by atoms with Gasteiger partial charge in [0.2, 0.25) is 5.91 Å². The van der Waals surface area contributed by atoms with E-state index in [0.717, 1.165) is 11.1 Å². The number of carbonyl (C=O) groups excluding carboxylic acids is 1. The summed E-state index contributed by atoms with van der Waals surface area (Å²) in [6.45, 7) is 0.480. The van der Waals surface area contributed by atoms with Gasteiger partial charge in [-0.3, -0.25) is 4.79 Å². The molecule has 0 radical (unpaired) electrons. The van der Waals surface area contributed by atoms with Crippen LogP contribution in [0.25, 0.3) is 0 Å². The van der Waals surface area contributed by atoms with Crippen molar-refractivity contribution in [2.24, 2.45) is 5.92 Å². The number of carbonyl (C=O) groups is 1. The highest BCUT2D eigenvalue weighted by atomic mass is 16.6. The van der Waals surface area contributed by atoms with E-state index in [9.17, 15) is 9.90 Å². The minimum Gasteiger partial charge on any atom is -0.366 e. The first-order valence-corrected chi connectivity index (χ1v) is 8.40. The Kier molecular flexibility index (Phi) is 5.62. The van der Waals surface area contributed by atoms with Crippen LogP contribution in [0.4, 0.5) is 0 Å². The molecule has 1 amide bonds. The first-order chi connectivity index (χ1) is 11.7. The molecule has 1 saturated heterocycles. The van der Waals surface area contributed by atoms with Crippen LogP contribution < -0.4 is 5.32 Å². The van der Waals surface area contributed by atoms with Crippen molar-refractivity contribution in [1.29, 1.82) is 0 Å². The number of benzene rings is 2. The monoisotopic (exact) mass is 325 g/mol. The van der Waals surface area contributed by atoms with Gasteiger partial charge in [-0.05, 0) is 30.4 Å². The maximum Gasteiger partial charge on any atom is 0.224 e. The van der Waals surface area contributed by atoms with Gasteiger partial charge in [-0.2, -0.15) is 0 Å². The maximum absolute atomic E-state index is 12.8. The predicted molar refractivity (Wildman–Crippen MR) is 92.3 cm³/mol. The quantitative estimate of drug-likeness (QED) is 0.857. The van der Waals surface area contributed by atoms with Crippen molar-refractivity contribution in [3.8, 4) is 0 Å². The molecule has 0 spiro atoms. The van der Waals surface area contributed by atoms with E-state index >= 15 is 0 Å². The van der Waals surface area contributed by atoms with Gasteiger partial charge in [0.05, 0.1) is 12.6 Å². The molecule has 2 atom stereocenters. The Morgan fingerprint density at radius 3 is 2.04 bits per heavy atom. The highest BCUT2D eigenvalue weighted by Gasteiger charge is 2.30. The van der Waals surface area contributed by atoms with Gasteiger partial charge in [0, 0.05) is 5.92 Å². The van der Waals surface area contributed by atoms with Crippen LogP contribution in [0.15, 0.2) is 60.7 Å². The van der Waals surface area contributed by atoms with Crippen LogP contribution in [-0.2, 0) is 22.4 Å². The highest BCUT2D eigenvalue weighted by molar-refractivity contribution is 5.79. The summed E-state index contributed by atoms with van der Waals surface area (Å²) in [4.78, 5) is 12.8. The van der Waals surface area contributed by atoms with Crippen molar-refractivity contribution in [1.82, 2.24) is 5.32 Å². The summed E-state index contributed by atoms with van der Waals surface area (Å²) in [5, 5.41) is 12.7. The molecule has 2 N–H and O–H groups in total. The van der Waals surface area contributed by atoms with Gasteiger partial charge in [0.25, 0.3) is 0 Å². The van der Waals surface area contributed by atoms with Crippen LogP contribution in [0.5, 0.6) is 0 Å². The van der Waals surface area contributed by atoms with E-state index in [0.29, 0.717) is 25.9 Å². The molecule has 1 fully saturated rings. The number of amides is 1. The third-order valence-electron chi connectivity index (χ3n) is 4.41. The van der Waals surface area contributed by atoms with E-state index in [1.54, 1.807) is 0 Å². The predicted octanol–water partition coefficient (Wildman–Crippen LogP) is 2.31. The average Bonchev–Trinajstić information content (AvgIpc) is 3.01. The van der Waals surface area contributed by atoms with Crippen LogP contribution in [-0.4, -0.2) is 30.0 Å². The van der Waals surface area contributed by atoms with Crippen molar-refractivity contribution >= 4 is 5.91 Å². The van der Waals surface area contributed by atoms with Crippen LogP contribution >= 0.6 is 0 Å². The summed E-state index contributed by atoms with van der Waals surface area (Å²) in [6, 6.07) is 19.7. The van der Waals surface area contributed by atoms with E-state index in [4.69, 9.17) is 4.74 Å². The Bertz CT molecular complexity index is 603. The van der Waals surface area contributed by atoms with E-state index in [1.807, 2.05) is 60.7 Å². The first-order valence-electron chi connectivity index (χ1n) is 8.40. The Morgan fingerprint density at radius 2 is 1.58 bits per heavy atom. The molecule has 126 valence electrons. The fourth-order valence-electron chi connectivity index (χ4n) is 3.07. The summed E-state index contributed by atoms with van der Waals surface area (Å²) in [5.41, 5.74) is 2.27. The highest BCUT2D eigenvalue weighted by Crippen LogP contribution is 2.17. The molecule has 4 nitrogen and oxygen atoms in total. The zero-order valence-electron chi connectivity index (χ0n) is 13.6. The third-order valence-corrected chi connectivity index (χ3v) is 4.41. The molecule has 4 heteroatoms. The number of ether oxygens (including phenoxy) is 1. The van der Waals surface area contributed by atoms with E-state index in [1.165, 1.54) is 0 Å². The van der Waals surface area contributed by atoms with Crippen LogP contribution in [0.2, 0.25) is 0 Å². The van der Waals surface area contributed by atoms with Crippen molar-refractivity contribution in [2.75, 3.05) is 6.61 Å². The van der Waals surface area contributed by atoms with Crippen molar-refractivity contribution in [2.45, 2.75) is 31.6 Å². The molecule has 1 heterocycles. The minimum atomic E-state index is -0.900. The van der Waals surface area contributed by atoms with Gasteiger partial charge in [-0.1, -0.05) is 60.7 Å². The molecule has 1 aliphatic rings. The Morgan fingerprint density at radius 1 is 1.04 bits per heavy atom. The summed E-state index contributed by atoms with van der Waals surface area (Å²) >= 11 is 0. The first kappa shape index (κ1) is 16.7. The number of aliphatic hydroxyl groups is 1. The van der Waals surface area contributed by atoms with E-state index in [2.05, 4.69) is 5.32 Å². The number of nitrogens with one attached hydrogen (secondary N) is 1. The SMILES string of the molecule is O=C(NC1CCOC1O)C(Cc1ccccc1)Cc1ccccc1. The second kappa shape index (κ2) is 8.08. The van der Waals surface area contributed by atoms with Crippen molar-refractivity contribution < 1.29 is 14.6 Å². The van der Waals surface area contributed by atoms with Crippen LogP contribution in [0, 0.1) is 5.92 Å². The lowest BCUT2D eigenvalue weighted by Crippen LogP contribution is -2.44. The topological polar surface area (TPSA) is 58.6 Å². The van der Waals surface area contributed by atoms with Gasteiger partial charge in [-0.25, -0.2) is 0 Å². The molecular formula is C20H23NO3. The van der Waals surface area contributed by atoms with Gasteiger partial charge >= 0.3 is 0 Å². The van der Waals surface area contributed by atoms with Crippen molar-refractivity contribution in [3.05, 3.63) is 71.8 Å². The molecule has 24 heavy (non-hydrogen) atoms. The summed E-state index contributed by atoms with van der Waals surface area (Å²) in [6.07, 6.45) is 1.09. The molecule has 0 saturated carbocycles. The van der Waals surface area contributed by atoms with Gasteiger partial charge in [-0.15, -0.1) is 0 Å². The molecule has 2 unspecified atom stereocenters. The summed E-state index contributed by atoms with van der Waals surface area (Å²) in [5.74, 6) is -0.208. The van der Waals surface area contributed by atoms with Crippen molar-refractivity contribution in [3.63, 3.8) is 0 Å². The molecule has 0 aromatic heterocycles. The minimum absolute atomic E-state index is 0.0303. The average molecular weight is 325 g/mol. The second-order valence-electron chi connectivity index (χ2n) is 6.24. The number of aliphatic hydroxyl groups excluding tert-OH is 1. The lowest BCUT2D eigenvalue weighted by Gasteiger charge is -2.21. The lowest BCUT2D eigenvalue weighted by atomic mass is 9.91. The smallest absolute Gasteiger partial charge is 0.224 e. The van der Waals surface area contributed by atoms with Gasteiger partial charge < -0.3 is 15.2 Å². The molecule has 0 aliphatic carbocycles. The Labute approximate surface area is 142 Å². The lowest BCUT2D eigenvalue weighted by molar-refractivity contribution is -0.129.